The average Bonchev–Trinajstić information content (AvgIpc) is 2.90. The van der Waals surface area contributed by atoms with E-state index in [1.807, 2.05) is 54.6 Å². The maximum atomic E-state index is 12.8. The molecule has 0 bridgehead atoms. The summed E-state index contributed by atoms with van der Waals surface area (Å²) in [4.78, 5) is 12.8. The molecule has 8 heteroatoms. The van der Waals surface area contributed by atoms with Crippen LogP contribution in [-0.2, 0) is 0 Å². The standard InChI is InChI=1S/C27H23N3O4S/c1-32-21-12-7-19(8-13-21)26(31)34-25-16-9-18-5-3-4-6-23(18)24(25)17-28-30-27(35)29-20-10-14-22(33-2)15-11-20/h3-17H,1-2H3,(H2,29,30,35). The molecule has 0 amide bonds. The number of ether oxygens (including phenoxy) is 3. The average molecular weight is 486 g/mol. The number of nitrogens with zero attached hydrogens (tertiary/aromatic N) is 1. The number of methoxy groups -OCH3 is 2. The Hall–Kier alpha value is -4.43. The van der Waals surface area contributed by atoms with E-state index in [1.54, 1.807) is 50.8 Å². The Morgan fingerprint density at radius 1 is 0.857 bits per heavy atom. The Morgan fingerprint density at radius 2 is 1.51 bits per heavy atom. The third-order valence-corrected chi connectivity index (χ3v) is 5.36. The van der Waals surface area contributed by atoms with Crippen LogP contribution in [0, 0.1) is 0 Å². The number of nitrogens with one attached hydrogen (secondary N) is 2. The van der Waals surface area contributed by atoms with Crippen LogP contribution in [0.25, 0.3) is 10.8 Å². The van der Waals surface area contributed by atoms with Crippen LogP contribution in [0.15, 0.2) is 90.0 Å². The quantitative estimate of drug-likeness (QED) is 0.119. The van der Waals surface area contributed by atoms with Gasteiger partial charge < -0.3 is 19.5 Å². The van der Waals surface area contributed by atoms with Gasteiger partial charge in [-0.25, -0.2) is 4.79 Å². The molecular weight excluding hydrogens is 462 g/mol. The second-order valence-electron chi connectivity index (χ2n) is 7.37. The molecule has 0 atom stereocenters. The van der Waals surface area contributed by atoms with E-state index in [-0.39, 0.29) is 0 Å². The van der Waals surface area contributed by atoms with Crippen molar-refractivity contribution in [3.8, 4) is 17.2 Å². The van der Waals surface area contributed by atoms with Crippen molar-refractivity contribution < 1.29 is 19.0 Å². The molecule has 0 heterocycles. The van der Waals surface area contributed by atoms with Gasteiger partial charge in [0.1, 0.15) is 17.2 Å². The van der Waals surface area contributed by atoms with Crippen molar-refractivity contribution >= 4 is 46.0 Å². The van der Waals surface area contributed by atoms with Gasteiger partial charge in [-0.05, 0) is 77.6 Å². The van der Waals surface area contributed by atoms with Gasteiger partial charge in [0, 0.05) is 11.3 Å². The summed E-state index contributed by atoms with van der Waals surface area (Å²) in [6.07, 6.45) is 1.58. The summed E-state index contributed by atoms with van der Waals surface area (Å²) >= 11 is 5.33. The fourth-order valence-electron chi connectivity index (χ4n) is 3.37. The van der Waals surface area contributed by atoms with Gasteiger partial charge in [0.2, 0.25) is 0 Å². The van der Waals surface area contributed by atoms with Crippen molar-refractivity contribution in [3.05, 3.63) is 96.1 Å². The maximum absolute atomic E-state index is 12.8. The maximum Gasteiger partial charge on any atom is 0.343 e. The van der Waals surface area contributed by atoms with Crippen molar-refractivity contribution in [2.75, 3.05) is 19.5 Å². The molecule has 4 rings (SSSR count). The van der Waals surface area contributed by atoms with Gasteiger partial charge in [-0.2, -0.15) is 5.10 Å². The molecule has 4 aromatic rings. The highest BCUT2D eigenvalue weighted by Crippen LogP contribution is 2.27. The summed E-state index contributed by atoms with van der Waals surface area (Å²) in [5.41, 5.74) is 4.64. The zero-order valence-electron chi connectivity index (χ0n) is 19.1. The molecule has 0 saturated carbocycles. The molecule has 35 heavy (non-hydrogen) atoms. The summed E-state index contributed by atoms with van der Waals surface area (Å²) < 4.78 is 16.0. The van der Waals surface area contributed by atoms with Gasteiger partial charge in [-0.3, -0.25) is 5.43 Å². The Kier molecular flexibility index (Phi) is 7.54. The second-order valence-corrected chi connectivity index (χ2v) is 7.78. The largest absolute Gasteiger partial charge is 0.497 e. The van der Waals surface area contributed by atoms with E-state index in [1.165, 1.54) is 0 Å². The van der Waals surface area contributed by atoms with Crippen molar-refractivity contribution in [2.24, 2.45) is 5.10 Å². The Morgan fingerprint density at radius 3 is 2.20 bits per heavy atom. The number of hydrogen-bond donors (Lipinski definition) is 2. The van der Waals surface area contributed by atoms with Crippen LogP contribution in [0.1, 0.15) is 15.9 Å². The highest BCUT2D eigenvalue weighted by molar-refractivity contribution is 7.80. The summed E-state index contributed by atoms with van der Waals surface area (Å²) in [5.74, 6) is 1.30. The van der Waals surface area contributed by atoms with E-state index in [9.17, 15) is 4.79 Å². The number of thiocarbonyl (C=S) groups is 1. The summed E-state index contributed by atoms with van der Waals surface area (Å²) in [6, 6.07) is 25.5. The number of fused-ring (bicyclic) bond motifs is 1. The summed E-state index contributed by atoms with van der Waals surface area (Å²) in [7, 11) is 3.18. The lowest BCUT2D eigenvalue weighted by molar-refractivity contribution is 0.0734. The predicted molar refractivity (Wildman–Crippen MR) is 142 cm³/mol. The van der Waals surface area contributed by atoms with Crippen LogP contribution in [-0.4, -0.2) is 31.5 Å². The number of carbonyl (C=O) groups excluding carboxylic acids is 1. The minimum Gasteiger partial charge on any atom is -0.497 e. The molecule has 4 aromatic carbocycles. The first kappa shape index (κ1) is 23.7. The molecule has 0 spiro atoms. The van der Waals surface area contributed by atoms with Gasteiger partial charge in [-0.15, -0.1) is 0 Å². The number of hydrazone groups is 1. The van der Waals surface area contributed by atoms with Crippen molar-refractivity contribution in [1.82, 2.24) is 5.43 Å². The van der Waals surface area contributed by atoms with Crippen LogP contribution >= 0.6 is 12.2 Å². The van der Waals surface area contributed by atoms with Crippen LogP contribution in [0.2, 0.25) is 0 Å². The Balaban J connectivity index is 1.53. The summed E-state index contributed by atoms with van der Waals surface area (Å²) in [5, 5.41) is 9.50. The molecule has 2 N–H and O–H groups in total. The predicted octanol–water partition coefficient (Wildman–Crippen LogP) is 5.40. The van der Waals surface area contributed by atoms with Gasteiger partial charge in [0.25, 0.3) is 0 Å². The van der Waals surface area contributed by atoms with Gasteiger partial charge in [0.05, 0.1) is 26.0 Å². The Bertz CT molecular complexity index is 1370. The van der Waals surface area contributed by atoms with E-state index in [0.29, 0.717) is 27.7 Å². The van der Waals surface area contributed by atoms with Gasteiger partial charge in [-0.1, -0.05) is 30.3 Å². The zero-order chi connectivity index (χ0) is 24.6. The fourth-order valence-corrected chi connectivity index (χ4v) is 3.54. The highest BCUT2D eigenvalue weighted by atomic mass is 32.1. The van der Waals surface area contributed by atoms with Crippen LogP contribution in [0.4, 0.5) is 5.69 Å². The van der Waals surface area contributed by atoms with E-state index in [0.717, 1.165) is 22.2 Å². The zero-order valence-corrected chi connectivity index (χ0v) is 20.0. The monoisotopic (exact) mass is 485 g/mol. The lowest BCUT2D eigenvalue weighted by Gasteiger charge is -2.11. The van der Waals surface area contributed by atoms with Gasteiger partial charge >= 0.3 is 5.97 Å². The third kappa shape index (κ3) is 5.93. The molecule has 0 unspecified atom stereocenters. The first-order chi connectivity index (χ1) is 17.1. The number of anilines is 1. The molecule has 0 aliphatic rings. The van der Waals surface area contributed by atoms with Crippen molar-refractivity contribution in [3.63, 3.8) is 0 Å². The highest BCUT2D eigenvalue weighted by Gasteiger charge is 2.14. The molecule has 176 valence electrons. The number of esters is 1. The second kappa shape index (κ2) is 11.1. The molecule has 0 aliphatic carbocycles. The minimum atomic E-state index is -0.484. The van der Waals surface area contributed by atoms with Crippen LogP contribution < -0.4 is 25.0 Å². The van der Waals surface area contributed by atoms with Crippen LogP contribution in [0.5, 0.6) is 17.2 Å². The Labute approximate surface area is 208 Å². The number of rotatable bonds is 7. The lowest BCUT2D eigenvalue weighted by Crippen LogP contribution is -2.23. The molecule has 0 aromatic heterocycles. The van der Waals surface area contributed by atoms with E-state index in [2.05, 4.69) is 15.8 Å². The van der Waals surface area contributed by atoms with E-state index in [4.69, 9.17) is 26.4 Å². The number of carbonyl (C=O) groups is 1. The summed E-state index contributed by atoms with van der Waals surface area (Å²) in [6.45, 7) is 0. The third-order valence-electron chi connectivity index (χ3n) is 5.17. The van der Waals surface area contributed by atoms with Crippen molar-refractivity contribution in [1.29, 1.82) is 0 Å². The first-order valence-corrected chi connectivity index (χ1v) is 11.1. The van der Waals surface area contributed by atoms with E-state index < -0.39 is 5.97 Å². The topological polar surface area (TPSA) is 81.2 Å². The molecule has 7 nitrogen and oxygen atoms in total. The van der Waals surface area contributed by atoms with Crippen molar-refractivity contribution in [2.45, 2.75) is 0 Å². The molecule has 0 aliphatic heterocycles. The van der Waals surface area contributed by atoms with E-state index >= 15 is 0 Å². The normalized spacial score (nSPS) is 10.7. The first-order valence-electron chi connectivity index (χ1n) is 10.7. The minimum absolute atomic E-state index is 0.309. The molecular formula is C27H23N3O4S. The molecule has 0 saturated heterocycles. The lowest BCUT2D eigenvalue weighted by atomic mass is 10.0. The molecule has 0 fully saturated rings. The van der Waals surface area contributed by atoms with Gasteiger partial charge in [0.15, 0.2) is 5.11 Å². The fraction of sp³-hybridized carbons (Fsp3) is 0.0741. The molecule has 0 radical (unpaired) electrons. The number of hydrogen-bond acceptors (Lipinski definition) is 6. The smallest absolute Gasteiger partial charge is 0.343 e. The SMILES string of the molecule is COc1ccc(NC(=S)NN=Cc2c(OC(=O)c3ccc(OC)cc3)ccc3ccccc23)cc1. The van der Waals surface area contributed by atoms with Crippen LogP contribution in [0.3, 0.4) is 0 Å². The number of benzene rings is 4.